The number of nitrogens with zero attached hydrogens (tertiary/aromatic N) is 1. The third-order valence-corrected chi connectivity index (χ3v) is 4.47. The van der Waals surface area contributed by atoms with Crippen LogP contribution < -0.4 is 5.32 Å². The average molecular weight is 427 g/mol. The zero-order valence-corrected chi connectivity index (χ0v) is 15.5. The Labute approximate surface area is 161 Å². The highest BCUT2D eigenvalue weighted by molar-refractivity contribution is 9.10. The Hall–Kier alpha value is -3.44. The van der Waals surface area contributed by atoms with Crippen molar-refractivity contribution in [2.24, 2.45) is 0 Å². The highest BCUT2D eigenvalue weighted by atomic mass is 79.9. The van der Waals surface area contributed by atoms with Crippen molar-refractivity contribution in [3.63, 3.8) is 0 Å². The number of carboxylic acids is 1. The Kier molecular flexibility index (Phi) is 4.79. The van der Waals surface area contributed by atoms with E-state index in [4.69, 9.17) is 9.68 Å². The molecule has 2 amide bonds. The number of carboxylic acid groups (broad SMARTS) is 1. The predicted octanol–water partition coefficient (Wildman–Crippen LogP) is 3.29. The first kappa shape index (κ1) is 18.4. The van der Waals surface area contributed by atoms with Gasteiger partial charge in [0.2, 0.25) is 0 Å². The van der Waals surface area contributed by atoms with Crippen LogP contribution in [-0.2, 0) is 9.59 Å². The first-order valence-electron chi connectivity index (χ1n) is 7.63. The minimum Gasteiger partial charge on any atom is -0.478 e. The molecule has 1 aromatic carbocycles. The highest BCUT2D eigenvalue weighted by Gasteiger charge is 2.27. The normalized spacial score (nSPS) is 15.7. The van der Waals surface area contributed by atoms with Crippen molar-refractivity contribution in [3.05, 3.63) is 62.8 Å². The lowest BCUT2D eigenvalue weighted by atomic mass is 9.96. The van der Waals surface area contributed by atoms with E-state index in [0.717, 1.165) is 0 Å². The summed E-state index contributed by atoms with van der Waals surface area (Å²) in [5.74, 6) is -1.89. The zero-order valence-electron chi connectivity index (χ0n) is 13.9. The van der Waals surface area contributed by atoms with Gasteiger partial charge in [0.15, 0.2) is 0 Å². The second kappa shape index (κ2) is 7.05. The summed E-state index contributed by atoms with van der Waals surface area (Å²) in [7, 11) is 0. The third kappa shape index (κ3) is 3.45. The van der Waals surface area contributed by atoms with E-state index >= 15 is 0 Å². The van der Waals surface area contributed by atoms with Crippen LogP contribution in [0, 0.1) is 11.3 Å². The van der Waals surface area contributed by atoms with Crippen molar-refractivity contribution < 1.29 is 23.9 Å². The molecule has 0 bridgehead atoms. The van der Waals surface area contributed by atoms with Gasteiger partial charge < -0.3 is 9.52 Å². The third-order valence-electron chi connectivity index (χ3n) is 3.98. The second-order valence-corrected chi connectivity index (χ2v) is 6.57. The van der Waals surface area contributed by atoms with Crippen molar-refractivity contribution in [3.8, 4) is 17.4 Å². The van der Waals surface area contributed by atoms with Gasteiger partial charge in [-0.3, -0.25) is 14.9 Å². The molecule has 1 aromatic heterocycles. The molecular formula is C19H11BrN2O5. The van der Waals surface area contributed by atoms with Gasteiger partial charge in [0.25, 0.3) is 11.8 Å². The Morgan fingerprint density at radius 3 is 2.67 bits per heavy atom. The van der Waals surface area contributed by atoms with Crippen molar-refractivity contribution in [1.29, 1.82) is 5.26 Å². The van der Waals surface area contributed by atoms with Gasteiger partial charge in [-0.1, -0.05) is 15.9 Å². The molecule has 134 valence electrons. The smallest absolute Gasteiger partial charge is 0.336 e. The number of nitrogens with one attached hydrogen (secondary N) is 1. The molecule has 2 heterocycles. The van der Waals surface area contributed by atoms with Crippen LogP contribution >= 0.6 is 15.9 Å². The molecule has 0 aliphatic carbocycles. The molecule has 2 N–H and O–H groups in total. The number of halogens is 1. The number of amides is 2. The highest BCUT2D eigenvalue weighted by Crippen LogP contribution is 2.30. The number of furan rings is 1. The molecule has 7 nitrogen and oxygen atoms in total. The second-order valence-electron chi connectivity index (χ2n) is 5.65. The number of benzene rings is 1. The number of imide groups is 1. The standard InChI is InChI=1S/C19H11BrN2O5/c1-9-13(17(23)22-18(24)15(9)8-21)7-11-3-5-16(27-11)12-4-2-10(20)6-14(12)19(25)26/h2-7H,1H3,(H,25,26)(H,22,23,24)/b13-7+. The SMILES string of the molecule is CC1=C(C#N)C(=O)NC(=O)/C1=C/c1ccc(-c2ccc(Br)cc2C(=O)O)o1. The van der Waals surface area contributed by atoms with E-state index in [1.54, 1.807) is 30.3 Å². The lowest BCUT2D eigenvalue weighted by Gasteiger charge is -2.15. The van der Waals surface area contributed by atoms with E-state index in [1.807, 2.05) is 0 Å². The number of hydrogen-bond acceptors (Lipinski definition) is 5. The number of carbonyl (C=O) groups is 3. The molecule has 0 saturated carbocycles. The van der Waals surface area contributed by atoms with Crippen LogP contribution in [-0.4, -0.2) is 22.9 Å². The molecule has 0 atom stereocenters. The number of nitriles is 1. The van der Waals surface area contributed by atoms with Crippen LogP contribution in [0.4, 0.5) is 0 Å². The van der Waals surface area contributed by atoms with Gasteiger partial charge in [-0.05, 0) is 48.9 Å². The lowest BCUT2D eigenvalue weighted by molar-refractivity contribution is -0.126. The van der Waals surface area contributed by atoms with Crippen LogP contribution in [0.25, 0.3) is 17.4 Å². The van der Waals surface area contributed by atoms with Crippen LogP contribution in [0.15, 0.2) is 55.9 Å². The minimum atomic E-state index is -1.11. The van der Waals surface area contributed by atoms with E-state index < -0.39 is 17.8 Å². The average Bonchev–Trinajstić information content (AvgIpc) is 3.07. The molecular weight excluding hydrogens is 416 g/mol. The molecule has 8 heteroatoms. The zero-order chi connectivity index (χ0) is 19.7. The van der Waals surface area contributed by atoms with Gasteiger partial charge in [-0.2, -0.15) is 5.26 Å². The van der Waals surface area contributed by atoms with Gasteiger partial charge in [-0.15, -0.1) is 0 Å². The summed E-state index contributed by atoms with van der Waals surface area (Å²) in [4.78, 5) is 35.2. The van der Waals surface area contributed by atoms with Crippen molar-refractivity contribution in [1.82, 2.24) is 5.32 Å². The first-order chi connectivity index (χ1) is 12.8. The van der Waals surface area contributed by atoms with E-state index in [0.29, 0.717) is 15.8 Å². The molecule has 0 saturated heterocycles. The molecule has 0 unspecified atom stereocenters. The van der Waals surface area contributed by atoms with Crippen molar-refractivity contribution in [2.75, 3.05) is 0 Å². The van der Waals surface area contributed by atoms with Crippen molar-refractivity contribution >= 4 is 39.8 Å². The molecule has 1 aliphatic rings. The van der Waals surface area contributed by atoms with Gasteiger partial charge in [0.1, 0.15) is 23.2 Å². The summed E-state index contributed by atoms with van der Waals surface area (Å²) in [6.45, 7) is 1.50. The Morgan fingerprint density at radius 1 is 1.26 bits per heavy atom. The molecule has 0 radical (unpaired) electrons. The van der Waals surface area contributed by atoms with Gasteiger partial charge in [-0.25, -0.2) is 4.79 Å². The van der Waals surface area contributed by atoms with E-state index in [-0.39, 0.29) is 28.0 Å². The Bertz CT molecular complexity index is 1100. The number of hydrogen-bond donors (Lipinski definition) is 2. The molecule has 0 spiro atoms. The topological polar surface area (TPSA) is 120 Å². The Balaban J connectivity index is 2.05. The van der Waals surface area contributed by atoms with Crippen LogP contribution in [0.5, 0.6) is 0 Å². The monoisotopic (exact) mass is 426 g/mol. The summed E-state index contributed by atoms with van der Waals surface area (Å²) in [6.07, 6.45) is 1.40. The summed E-state index contributed by atoms with van der Waals surface area (Å²) in [5, 5.41) is 20.5. The number of carbonyl (C=O) groups excluding carboxylic acids is 2. The molecule has 2 aromatic rings. The maximum Gasteiger partial charge on any atom is 0.336 e. The molecule has 27 heavy (non-hydrogen) atoms. The first-order valence-corrected chi connectivity index (χ1v) is 8.43. The molecule has 0 fully saturated rings. The summed E-state index contributed by atoms with van der Waals surface area (Å²) >= 11 is 3.23. The van der Waals surface area contributed by atoms with Gasteiger partial charge in [0, 0.05) is 15.6 Å². The summed E-state index contributed by atoms with van der Waals surface area (Å²) in [5.41, 5.74) is 0.666. The summed E-state index contributed by atoms with van der Waals surface area (Å²) < 4.78 is 6.29. The van der Waals surface area contributed by atoms with E-state index in [2.05, 4.69) is 21.2 Å². The fraction of sp³-hybridized carbons (Fsp3) is 0.0526. The van der Waals surface area contributed by atoms with Crippen molar-refractivity contribution in [2.45, 2.75) is 6.92 Å². The van der Waals surface area contributed by atoms with Gasteiger partial charge >= 0.3 is 5.97 Å². The predicted molar refractivity (Wildman–Crippen MR) is 98.2 cm³/mol. The fourth-order valence-corrected chi connectivity index (χ4v) is 3.00. The van der Waals surface area contributed by atoms with Crippen LogP contribution in [0.1, 0.15) is 23.0 Å². The maximum absolute atomic E-state index is 12.1. The van der Waals surface area contributed by atoms with E-state index in [9.17, 15) is 19.5 Å². The Morgan fingerprint density at radius 2 is 2.00 bits per heavy atom. The number of rotatable bonds is 3. The minimum absolute atomic E-state index is 0.0572. The fourth-order valence-electron chi connectivity index (χ4n) is 2.64. The summed E-state index contributed by atoms with van der Waals surface area (Å²) in [6, 6.07) is 9.68. The van der Waals surface area contributed by atoms with Crippen LogP contribution in [0.3, 0.4) is 0 Å². The lowest BCUT2D eigenvalue weighted by Crippen LogP contribution is -2.37. The maximum atomic E-state index is 12.1. The quantitative estimate of drug-likeness (QED) is 0.573. The number of aromatic carboxylic acids is 1. The molecule has 3 rings (SSSR count). The molecule has 1 aliphatic heterocycles. The van der Waals surface area contributed by atoms with Gasteiger partial charge in [0.05, 0.1) is 5.56 Å². The van der Waals surface area contributed by atoms with E-state index in [1.165, 1.54) is 19.1 Å². The van der Waals surface area contributed by atoms with Crippen LogP contribution in [0.2, 0.25) is 0 Å². The largest absolute Gasteiger partial charge is 0.478 e.